The number of likely N-dealkylation sites (tertiary alicyclic amines) is 2. The van der Waals surface area contributed by atoms with Gasteiger partial charge in [0.2, 0.25) is 17.7 Å². The van der Waals surface area contributed by atoms with Gasteiger partial charge in [0.25, 0.3) is 0 Å². The molecule has 1 aromatic heterocycles. The number of rotatable bonds is 6. The smallest absolute Gasteiger partial charge is 0.228 e. The standard InChI is InChI=1S/C29H32Cl2N4O3/c1-18(38-26-6-3-19(14-32)15-33-26)22-16-35(17-23(22)21-4-5-24(30)25(31)13-21)27(36)20-7-11-34(12-8-20)28(37)29(2)9-10-29/h3-6,13,15,18,20,22-23H,7-12,16-17H2,1-2H3/t18-,22?,23+/m0/s1. The van der Waals surface area contributed by atoms with E-state index < -0.39 is 0 Å². The van der Waals surface area contributed by atoms with Crippen molar-refractivity contribution < 1.29 is 14.3 Å². The lowest BCUT2D eigenvalue weighted by molar-refractivity contribution is -0.142. The molecule has 200 valence electrons. The van der Waals surface area contributed by atoms with Gasteiger partial charge in [-0.15, -0.1) is 0 Å². The molecule has 3 heterocycles. The maximum Gasteiger partial charge on any atom is 0.228 e. The highest BCUT2D eigenvalue weighted by Crippen LogP contribution is 2.47. The van der Waals surface area contributed by atoms with Gasteiger partial charge < -0.3 is 14.5 Å². The molecule has 0 spiro atoms. The molecule has 1 unspecified atom stereocenters. The summed E-state index contributed by atoms with van der Waals surface area (Å²) in [6, 6.07) is 11.1. The normalized spacial score (nSPS) is 23.6. The predicted molar refractivity (Wildman–Crippen MR) is 145 cm³/mol. The third-order valence-electron chi connectivity index (χ3n) is 8.47. The Morgan fingerprint density at radius 1 is 1.11 bits per heavy atom. The minimum Gasteiger partial charge on any atom is -0.474 e. The molecule has 2 amide bonds. The van der Waals surface area contributed by atoms with Crippen LogP contribution in [-0.2, 0) is 9.59 Å². The average Bonchev–Trinajstić information content (AvgIpc) is 3.52. The van der Waals surface area contributed by atoms with Gasteiger partial charge in [0.15, 0.2) is 0 Å². The van der Waals surface area contributed by atoms with Gasteiger partial charge in [-0.3, -0.25) is 9.59 Å². The lowest BCUT2D eigenvalue weighted by Crippen LogP contribution is -2.46. The van der Waals surface area contributed by atoms with E-state index in [1.165, 1.54) is 6.20 Å². The van der Waals surface area contributed by atoms with E-state index in [1.54, 1.807) is 18.2 Å². The van der Waals surface area contributed by atoms with Crippen LogP contribution in [0.15, 0.2) is 36.5 Å². The monoisotopic (exact) mass is 554 g/mol. The third kappa shape index (κ3) is 5.48. The summed E-state index contributed by atoms with van der Waals surface area (Å²) >= 11 is 12.5. The van der Waals surface area contributed by atoms with Gasteiger partial charge >= 0.3 is 0 Å². The van der Waals surface area contributed by atoms with Crippen molar-refractivity contribution in [3.63, 3.8) is 0 Å². The van der Waals surface area contributed by atoms with Crippen molar-refractivity contribution >= 4 is 35.0 Å². The van der Waals surface area contributed by atoms with E-state index in [0.717, 1.165) is 18.4 Å². The minimum absolute atomic E-state index is 0.00474. The zero-order chi connectivity index (χ0) is 27.0. The topological polar surface area (TPSA) is 86.5 Å². The summed E-state index contributed by atoms with van der Waals surface area (Å²) in [6.07, 6.45) is 4.57. The molecule has 2 aliphatic heterocycles. The number of nitrogens with zero attached hydrogens (tertiary/aromatic N) is 4. The molecule has 1 aromatic carbocycles. The Balaban J connectivity index is 1.29. The molecular formula is C29H32Cl2N4O3. The number of piperidine rings is 1. The number of hydrogen-bond donors (Lipinski definition) is 0. The van der Waals surface area contributed by atoms with Crippen molar-refractivity contribution in [2.24, 2.45) is 17.3 Å². The number of ether oxygens (including phenoxy) is 1. The van der Waals surface area contributed by atoms with E-state index in [9.17, 15) is 9.59 Å². The van der Waals surface area contributed by atoms with Crippen LogP contribution in [0.3, 0.4) is 0 Å². The van der Waals surface area contributed by atoms with Gasteiger partial charge in [-0.2, -0.15) is 5.26 Å². The van der Waals surface area contributed by atoms with Gasteiger partial charge in [0.05, 0.1) is 15.6 Å². The van der Waals surface area contributed by atoms with Crippen LogP contribution in [0.2, 0.25) is 10.0 Å². The molecule has 7 nitrogen and oxygen atoms in total. The van der Waals surface area contributed by atoms with E-state index in [1.807, 2.05) is 35.8 Å². The summed E-state index contributed by atoms with van der Waals surface area (Å²) in [5.74, 6) is 0.757. The summed E-state index contributed by atoms with van der Waals surface area (Å²) in [7, 11) is 0. The van der Waals surface area contributed by atoms with Crippen molar-refractivity contribution in [2.45, 2.75) is 51.6 Å². The SMILES string of the molecule is C[C@H](Oc1ccc(C#N)cn1)C1CN(C(=O)C2CCN(C(=O)C3(C)CC3)CC2)C[C@@H]1c1ccc(Cl)c(Cl)c1. The molecule has 1 saturated carbocycles. The molecular weight excluding hydrogens is 523 g/mol. The second kappa shape index (κ2) is 10.7. The summed E-state index contributed by atoms with van der Waals surface area (Å²) < 4.78 is 6.19. The van der Waals surface area contributed by atoms with Crippen LogP contribution in [0.1, 0.15) is 56.6 Å². The van der Waals surface area contributed by atoms with Crippen LogP contribution < -0.4 is 4.74 Å². The summed E-state index contributed by atoms with van der Waals surface area (Å²) in [5.41, 5.74) is 1.31. The van der Waals surface area contributed by atoms with Crippen LogP contribution in [0.25, 0.3) is 0 Å². The maximum atomic E-state index is 13.7. The van der Waals surface area contributed by atoms with Crippen LogP contribution in [0.5, 0.6) is 5.88 Å². The molecule has 3 fully saturated rings. The summed E-state index contributed by atoms with van der Waals surface area (Å²) in [6.45, 7) is 6.43. The number of hydrogen-bond acceptors (Lipinski definition) is 5. The number of nitriles is 1. The van der Waals surface area contributed by atoms with Gasteiger partial charge in [0.1, 0.15) is 12.2 Å². The van der Waals surface area contributed by atoms with Gasteiger partial charge in [-0.1, -0.05) is 36.2 Å². The highest BCUT2D eigenvalue weighted by molar-refractivity contribution is 6.42. The molecule has 2 saturated heterocycles. The molecule has 3 atom stereocenters. The zero-order valence-corrected chi connectivity index (χ0v) is 23.2. The molecule has 1 aliphatic carbocycles. The Morgan fingerprint density at radius 2 is 1.84 bits per heavy atom. The fourth-order valence-corrected chi connectivity index (χ4v) is 6.05. The van der Waals surface area contributed by atoms with E-state index in [-0.39, 0.29) is 41.1 Å². The second-order valence-corrected chi connectivity index (χ2v) is 11.9. The molecule has 0 bridgehead atoms. The number of aromatic nitrogens is 1. The van der Waals surface area contributed by atoms with Crippen LogP contribution in [0.4, 0.5) is 0 Å². The average molecular weight is 556 g/mol. The van der Waals surface area contributed by atoms with Crippen molar-refractivity contribution in [3.05, 3.63) is 57.7 Å². The Labute approximate surface area is 233 Å². The summed E-state index contributed by atoms with van der Waals surface area (Å²) in [5, 5.41) is 10.0. The minimum atomic E-state index is -0.244. The van der Waals surface area contributed by atoms with Gasteiger partial charge in [0, 0.05) is 61.6 Å². The van der Waals surface area contributed by atoms with E-state index in [0.29, 0.717) is 60.5 Å². The highest BCUT2D eigenvalue weighted by Gasteiger charge is 2.48. The number of carbonyl (C=O) groups is 2. The third-order valence-corrected chi connectivity index (χ3v) is 9.21. The Hall–Kier alpha value is -2.82. The first-order valence-electron chi connectivity index (χ1n) is 13.2. The number of halogens is 2. The maximum absolute atomic E-state index is 13.7. The molecule has 2 aromatic rings. The first-order valence-corrected chi connectivity index (χ1v) is 14.0. The first-order chi connectivity index (χ1) is 18.2. The van der Waals surface area contributed by atoms with Crippen LogP contribution in [0, 0.1) is 28.6 Å². The van der Waals surface area contributed by atoms with Crippen molar-refractivity contribution in [1.29, 1.82) is 5.26 Å². The summed E-state index contributed by atoms with van der Waals surface area (Å²) in [4.78, 5) is 34.6. The Bertz CT molecular complexity index is 1250. The van der Waals surface area contributed by atoms with Crippen molar-refractivity contribution in [3.8, 4) is 11.9 Å². The number of pyridine rings is 1. The van der Waals surface area contributed by atoms with Crippen LogP contribution >= 0.6 is 23.2 Å². The number of amides is 2. The second-order valence-electron chi connectivity index (χ2n) is 11.1. The lowest BCUT2D eigenvalue weighted by Gasteiger charge is -2.34. The number of benzene rings is 1. The quantitative estimate of drug-likeness (QED) is 0.483. The van der Waals surface area contributed by atoms with Crippen molar-refractivity contribution in [2.75, 3.05) is 26.2 Å². The van der Waals surface area contributed by atoms with E-state index in [4.69, 9.17) is 33.2 Å². The molecule has 3 aliphatic rings. The largest absolute Gasteiger partial charge is 0.474 e. The Morgan fingerprint density at radius 3 is 2.45 bits per heavy atom. The zero-order valence-electron chi connectivity index (χ0n) is 21.7. The molecule has 0 N–H and O–H groups in total. The molecule has 38 heavy (non-hydrogen) atoms. The number of carbonyl (C=O) groups excluding carboxylic acids is 2. The fourth-order valence-electron chi connectivity index (χ4n) is 5.75. The van der Waals surface area contributed by atoms with Gasteiger partial charge in [-0.05, 0) is 56.4 Å². The van der Waals surface area contributed by atoms with E-state index >= 15 is 0 Å². The van der Waals surface area contributed by atoms with Crippen LogP contribution in [-0.4, -0.2) is 58.9 Å². The Kier molecular flexibility index (Phi) is 7.57. The first kappa shape index (κ1) is 26.8. The predicted octanol–water partition coefficient (Wildman–Crippen LogP) is 5.31. The molecule has 5 rings (SSSR count). The fraction of sp³-hybridized carbons (Fsp3) is 0.517. The highest BCUT2D eigenvalue weighted by atomic mass is 35.5. The lowest BCUT2D eigenvalue weighted by atomic mass is 9.86. The van der Waals surface area contributed by atoms with Gasteiger partial charge in [-0.25, -0.2) is 4.98 Å². The van der Waals surface area contributed by atoms with E-state index in [2.05, 4.69) is 11.1 Å². The van der Waals surface area contributed by atoms with Crippen molar-refractivity contribution in [1.82, 2.24) is 14.8 Å². The molecule has 9 heteroatoms. The molecule has 0 radical (unpaired) electrons.